The third-order valence-corrected chi connectivity index (χ3v) is 4.42. The van der Waals surface area contributed by atoms with Crippen LogP contribution in [0.25, 0.3) is 10.6 Å². The molecule has 0 fully saturated rings. The van der Waals surface area contributed by atoms with E-state index in [1.165, 1.54) is 17.6 Å². The molecule has 0 aliphatic carbocycles. The monoisotopic (exact) mass is 335 g/mol. The van der Waals surface area contributed by atoms with Crippen LogP contribution in [-0.4, -0.2) is 19.3 Å². The van der Waals surface area contributed by atoms with Gasteiger partial charge in [-0.15, -0.1) is 11.3 Å². The summed E-state index contributed by atoms with van der Waals surface area (Å²) in [5.74, 6) is 1.21. The number of halogens is 1. The van der Waals surface area contributed by atoms with E-state index >= 15 is 0 Å². The number of rotatable bonds is 4. The van der Waals surface area contributed by atoms with E-state index in [9.17, 15) is 5.11 Å². The number of anilines is 2. The molecule has 114 valence electrons. The molecule has 0 aliphatic heterocycles. The molecular weight excluding hydrogens is 322 g/mol. The van der Waals surface area contributed by atoms with E-state index in [-0.39, 0.29) is 5.75 Å². The number of methoxy groups -OCH3 is 1. The first-order chi connectivity index (χ1) is 10.6. The summed E-state index contributed by atoms with van der Waals surface area (Å²) >= 11 is 7.60. The molecule has 0 saturated carbocycles. The van der Waals surface area contributed by atoms with E-state index in [0.29, 0.717) is 22.2 Å². The Balaban J connectivity index is 1.99. The molecule has 2 heterocycles. The fourth-order valence-electron chi connectivity index (χ4n) is 2.16. The lowest BCUT2D eigenvalue weighted by Gasteiger charge is -2.18. The maximum absolute atomic E-state index is 10.4. The summed E-state index contributed by atoms with van der Waals surface area (Å²) in [6, 6.07) is 9.16. The molecule has 0 amide bonds. The second kappa shape index (κ2) is 5.94. The second-order valence-corrected chi connectivity index (χ2v) is 6.07. The van der Waals surface area contributed by atoms with Crippen molar-refractivity contribution in [3.63, 3.8) is 0 Å². The molecule has 0 bridgehead atoms. The quantitative estimate of drug-likeness (QED) is 0.716. The molecular formula is C16H14ClNO3S. The third-order valence-electron chi connectivity index (χ3n) is 3.33. The van der Waals surface area contributed by atoms with Gasteiger partial charge in [-0.05, 0) is 23.6 Å². The van der Waals surface area contributed by atoms with E-state index < -0.39 is 0 Å². The van der Waals surface area contributed by atoms with E-state index in [1.807, 2.05) is 30.6 Å². The van der Waals surface area contributed by atoms with Crippen molar-refractivity contribution < 1.29 is 14.3 Å². The Morgan fingerprint density at radius 2 is 2.14 bits per heavy atom. The summed E-state index contributed by atoms with van der Waals surface area (Å²) in [6.07, 6.45) is 1.53. The topological polar surface area (TPSA) is 45.8 Å². The van der Waals surface area contributed by atoms with Gasteiger partial charge < -0.3 is 19.2 Å². The van der Waals surface area contributed by atoms with Crippen LogP contribution in [0.4, 0.5) is 11.4 Å². The number of hydrogen-bond donors (Lipinski definition) is 1. The van der Waals surface area contributed by atoms with Crippen LogP contribution in [0.1, 0.15) is 0 Å². The molecule has 3 rings (SSSR count). The van der Waals surface area contributed by atoms with Gasteiger partial charge in [-0.2, -0.15) is 0 Å². The van der Waals surface area contributed by atoms with Crippen LogP contribution < -0.4 is 9.64 Å². The van der Waals surface area contributed by atoms with Crippen LogP contribution in [0.3, 0.4) is 0 Å². The Bertz CT molecular complexity index is 783. The molecule has 2 aromatic heterocycles. The molecule has 0 atom stereocenters. The molecule has 0 radical (unpaired) electrons. The molecule has 3 aromatic rings. The average Bonchev–Trinajstić information content (AvgIpc) is 3.15. The number of aromatic hydroxyl groups is 1. The molecule has 0 unspecified atom stereocenters. The van der Waals surface area contributed by atoms with E-state index in [4.69, 9.17) is 20.8 Å². The first-order valence-electron chi connectivity index (χ1n) is 6.53. The Kier molecular flexibility index (Phi) is 4.00. The minimum atomic E-state index is 0.101. The predicted octanol–water partition coefficient (Wildman–Crippen LogP) is 5.14. The number of nitrogens with zero attached hydrogens (tertiary/aromatic N) is 1. The van der Waals surface area contributed by atoms with Crippen LogP contribution in [0, 0.1) is 0 Å². The van der Waals surface area contributed by atoms with Crippen molar-refractivity contribution >= 4 is 34.3 Å². The summed E-state index contributed by atoms with van der Waals surface area (Å²) in [6.45, 7) is 0. The van der Waals surface area contributed by atoms with Crippen LogP contribution in [0.5, 0.6) is 11.5 Å². The van der Waals surface area contributed by atoms with Crippen LogP contribution in [0.15, 0.2) is 46.4 Å². The van der Waals surface area contributed by atoms with Crippen molar-refractivity contribution in [3.05, 3.63) is 47.0 Å². The van der Waals surface area contributed by atoms with Crippen LogP contribution in [0.2, 0.25) is 5.02 Å². The molecule has 6 heteroatoms. The number of ether oxygens (including phenoxy) is 1. The second-order valence-electron chi connectivity index (χ2n) is 4.68. The maximum atomic E-state index is 10.4. The predicted molar refractivity (Wildman–Crippen MR) is 89.8 cm³/mol. The molecule has 0 aliphatic rings. The van der Waals surface area contributed by atoms with Gasteiger partial charge in [-0.25, -0.2) is 0 Å². The maximum Gasteiger partial charge on any atom is 0.187 e. The van der Waals surface area contributed by atoms with Gasteiger partial charge in [0.2, 0.25) is 0 Å². The largest absolute Gasteiger partial charge is 0.503 e. The lowest BCUT2D eigenvalue weighted by atomic mass is 10.2. The highest BCUT2D eigenvalue weighted by atomic mass is 35.5. The van der Waals surface area contributed by atoms with Gasteiger partial charge in [0, 0.05) is 23.8 Å². The molecule has 22 heavy (non-hydrogen) atoms. The van der Waals surface area contributed by atoms with Crippen molar-refractivity contribution in [1.29, 1.82) is 0 Å². The highest BCUT2D eigenvalue weighted by Gasteiger charge is 2.19. The number of hydrogen-bond acceptors (Lipinski definition) is 5. The summed E-state index contributed by atoms with van der Waals surface area (Å²) in [5.41, 5.74) is 1.35. The molecule has 1 aromatic carbocycles. The summed E-state index contributed by atoms with van der Waals surface area (Å²) in [5, 5.41) is 12.9. The standard InChI is InChI=1S/C16H14ClNO3S/c1-18(11-6-10(17)7-12(8-11)20-2)13-9-21-16(15(13)19)14-4-3-5-22-14/h3-9,19H,1-2H3. The van der Waals surface area contributed by atoms with E-state index in [1.54, 1.807) is 24.1 Å². The highest BCUT2D eigenvalue weighted by Crippen LogP contribution is 2.43. The smallest absolute Gasteiger partial charge is 0.187 e. The van der Waals surface area contributed by atoms with Gasteiger partial charge in [0.15, 0.2) is 11.5 Å². The minimum Gasteiger partial charge on any atom is -0.503 e. The fraction of sp³-hybridized carbons (Fsp3) is 0.125. The lowest BCUT2D eigenvalue weighted by molar-refractivity contribution is 0.415. The lowest BCUT2D eigenvalue weighted by Crippen LogP contribution is -2.08. The first-order valence-corrected chi connectivity index (χ1v) is 7.78. The summed E-state index contributed by atoms with van der Waals surface area (Å²) in [4.78, 5) is 2.67. The Labute approximate surface area is 137 Å². The van der Waals surface area contributed by atoms with Crippen molar-refractivity contribution in [2.45, 2.75) is 0 Å². The van der Waals surface area contributed by atoms with E-state index in [2.05, 4.69) is 0 Å². The Morgan fingerprint density at radius 3 is 2.82 bits per heavy atom. The molecule has 0 saturated heterocycles. The number of furan rings is 1. The zero-order chi connectivity index (χ0) is 15.7. The average molecular weight is 336 g/mol. The third kappa shape index (κ3) is 2.65. The van der Waals surface area contributed by atoms with Gasteiger partial charge in [0.25, 0.3) is 0 Å². The zero-order valence-corrected chi connectivity index (χ0v) is 13.6. The van der Waals surface area contributed by atoms with Crippen molar-refractivity contribution in [1.82, 2.24) is 0 Å². The first kappa shape index (κ1) is 14.8. The molecule has 0 spiro atoms. The summed E-state index contributed by atoms with van der Waals surface area (Å²) in [7, 11) is 3.41. The molecule has 4 nitrogen and oxygen atoms in total. The fourth-order valence-corrected chi connectivity index (χ4v) is 3.09. The summed E-state index contributed by atoms with van der Waals surface area (Å²) < 4.78 is 10.7. The van der Waals surface area contributed by atoms with Crippen LogP contribution >= 0.6 is 22.9 Å². The number of thiophene rings is 1. The van der Waals surface area contributed by atoms with Gasteiger partial charge in [-0.3, -0.25) is 0 Å². The number of benzene rings is 1. The normalized spacial score (nSPS) is 10.7. The van der Waals surface area contributed by atoms with Crippen molar-refractivity contribution in [2.75, 3.05) is 19.1 Å². The van der Waals surface area contributed by atoms with Crippen molar-refractivity contribution in [3.8, 4) is 22.1 Å². The van der Waals surface area contributed by atoms with E-state index in [0.717, 1.165) is 10.6 Å². The zero-order valence-electron chi connectivity index (χ0n) is 12.0. The van der Waals surface area contributed by atoms with Gasteiger partial charge in [0.05, 0.1) is 12.0 Å². The highest BCUT2D eigenvalue weighted by molar-refractivity contribution is 7.13. The van der Waals surface area contributed by atoms with Gasteiger partial charge >= 0.3 is 0 Å². The van der Waals surface area contributed by atoms with Crippen molar-refractivity contribution in [2.24, 2.45) is 0 Å². The Morgan fingerprint density at radius 1 is 1.32 bits per heavy atom. The van der Waals surface area contributed by atoms with Gasteiger partial charge in [0.1, 0.15) is 17.7 Å². The Hall–Kier alpha value is -2.11. The van der Waals surface area contributed by atoms with Gasteiger partial charge in [-0.1, -0.05) is 17.7 Å². The SMILES string of the molecule is COc1cc(Cl)cc(N(C)c2coc(-c3cccs3)c2O)c1. The van der Waals surface area contributed by atoms with Crippen LogP contribution in [-0.2, 0) is 0 Å². The molecule has 1 N–H and O–H groups in total. The minimum absolute atomic E-state index is 0.101.